The summed E-state index contributed by atoms with van der Waals surface area (Å²) in [6.45, 7) is 0.560. The Balaban J connectivity index is 2.08. The van der Waals surface area contributed by atoms with Crippen LogP contribution in [0.3, 0.4) is 0 Å². The van der Waals surface area contributed by atoms with E-state index in [0.717, 1.165) is 6.26 Å². The largest absolute Gasteiger partial charge is 0.262 e. The molecule has 1 aromatic heterocycles. The number of piperidine rings is 1. The molecule has 10 heteroatoms. The Kier molecular flexibility index (Phi) is 5.03. The maximum atomic E-state index is 12.5. The molecule has 0 spiro atoms. The summed E-state index contributed by atoms with van der Waals surface area (Å²) in [7, 11) is -6.86. The number of halogens is 1. The van der Waals surface area contributed by atoms with E-state index >= 15 is 0 Å². The number of hydrogen-bond donors (Lipinski definition) is 1. The van der Waals surface area contributed by atoms with Crippen LogP contribution >= 0.6 is 15.9 Å². The average molecular weight is 398 g/mol. The number of pyridine rings is 1. The average Bonchev–Trinajstić information content (AvgIpc) is 2.37. The first kappa shape index (κ1) is 16.8. The van der Waals surface area contributed by atoms with Crippen molar-refractivity contribution in [2.24, 2.45) is 0 Å². The molecule has 1 aliphatic rings. The summed E-state index contributed by atoms with van der Waals surface area (Å²) in [5, 5.41) is 0. The van der Waals surface area contributed by atoms with Crippen LogP contribution < -0.4 is 4.72 Å². The third-order valence-corrected chi connectivity index (χ3v) is 6.21. The molecular weight excluding hydrogens is 382 g/mol. The molecule has 0 unspecified atom stereocenters. The van der Waals surface area contributed by atoms with Crippen LogP contribution in [-0.2, 0) is 20.0 Å². The van der Waals surface area contributed by atoms with E-state index in [2.05, 4.69) is 25.6 Å². The minimum absolute atomic E-state index is 0.131. The summed E-state index contributed by atoms with van der Waals surface area (Å²) in [4.78, 5) is 4.00. The van der Waals surface area contributed by atoms with Gasteiger partial charge in [-0.2, -0.15) is 4.31 Å². The molecule has 1 aliphatic heterocycles. The normalized spacial score (nSPS) is 18.8. The molecular formula is C11H16BrN3O4S2. The lowest BCUT2D eigenvalue weighted by atomic mass is 10.1. The van der Waals surface area contributed by atoms with Gasteiger partial charge in [-0.05, 0) is 34.8 Å². The topological polar surface area (TPSA) is 96.4 Å². The Morgan fingerprint density at radius 2 is 1.86 bits per heavy atom. The van der Waals surface area contributed by atoms with E-state index in [0.29, 0.717) is 17.3 Å². The molecule has 1 N–H and O–H groups in total. The second-order valence-electron chi connectivity index (χ2n) is 4.91. The van der Waals surface area contributed by atoms with Gasteiger partial charge in [-0.1, -0.05) is 0 Å². The number of hydrogen-bond acceptors (Lipinski definition) is 5. The highest BCUT2D eigenvalue weighted by Gasteiger charge is 2.30. The van der Waals surface area contributed by atoms with Gasteiger partial charge in [0.15, 0.2) is 0 Å². The third-order valence-electron chi connectivity index (χ3n) is 3.15. The Labute approximate surface area is 133 Å². The van der Waals surface area contributed by atoms with E-state index in [9.17, 15) is 16.8 Å². The zero-order valence-corrected chi connectivity index (χ0v) is 14.6. The molecule has 0 bridgehead atoms. The Morgan fingerprint density at radius 1 is 1.24 bits per heavy atom. The van der Waals surface area contributed by atoms with Crippen LogP contribution in [0.1, 0.15) is 12.8 Å². The third kappa shape index (κ3) is 4.46. The van der Waals surface area contributed by atoms with Crippen molar-refractivity contribution in [3.8, 4) is 0 Å². The van der Waals surface area contributed by atoms with Crippen molar-refractivity contribution in [2.45, 2.75) is 23.8 Å². The molecule has 0 saturated carbocycles. The zero-order chi connectivity index (χ0) is 15.7. The van der Waals surface area contributed by atoms with Gasteiger partial charge in [-0.3, -0.25) is 4.98 Å². The molecule has 118 valence electrons. The first-order valence-corrected chi connectivity index (χ1v) is 10.4. The first-order chi connectivity index (χ1) is 9.68. The van der Waals surface area contributed by atoms with Crippen molar-refractivity contribution in [3.63, 3.8) is 0 Å². The highest BCUT2D eigenvalue weighted by molar-refractivity contribution is 9.10. The number of aromatic nitrogens is 1. The second kappa shape index (κ2) is 6.29. The number of nitrogens with one attached hydrogen (secondary N) is 1. The molecule has 2 heterocycles. The standard InChI is InChI=1S/C11H16BrN3O4S2/c1-20(16,17)14-10-2-4-15(5-3-10)21(18,19)11-6-9(12)7-13-8-11/h6-8,10,14H,2-5H2,1H3. The van der Waals surface area contributed by atoms with Crippen LogP contribution in [0.5, 0.6) is 0 Å². The smallest absolute Gasteiger partial charge is 0.244 e. The summed E-state index contributed by atoms with van der Waals surface area (Å²) in [5.41, 5.74) is 0. The van der Waals surface area contributed by atoms with Crippen LogP contribution in [0.15, 0.2) is 27.8 Å². The van der Waals surface area contributed by atoms with E-state index in [1.165, 1.54) is 22.8 Å². The molecule has 7 nitrogen and oxygen atoms in total. The van der Waals surface area contributed by atoms with Gasteiger partial charge in [0.1, 0.15) is 4.90 Å². The molecule has 0 aromatic carbocycles. The summed E-state index contributed by atoms with van der Waals surface area (Å²) in [6.07, 6.45) is 4.83. The van der Waals surface area contributed by atoms with Crippen LogP contribution in [-0.4, -0.2) is 51.5 Å². The van der Waals surface area contributed by atoms with Gasteiger partial charge in [0.25, 0.3) is 0 Å². The van der Waals surface area contributed by atoms with Gasteiger partial charge >= 0.3 is 0 Å². The summed E-state index contributed by atoms with van der Waals surface area (Å²) in [6, 6.07) is 1.29. The number of nitrogens with zero attached hydrogens (tertiary/aromatic N) is 2. The minimum Gasteiger partial charge on any atom is -0.262 e. The lowest BCUT2D eigenvalue weighted by molar-refractivity contribution is 0.308. The van der Waals surface area contributed by atoms with E-state index in [1.54, 1.807) is 0 Å². The van der Waals surface area contributed by atoms with Gasteiger partial charge < -0.3 is 0 Å². The highest BCUT2D eigenvalue weighted by atomic mass is 79.9. The van der Waals surface area contributed by atoms with Gasteiger partial charge in [-0.15, -0.1) is 0 Å². The predicted octanol–water partition coefficient (Wildman–Crippen LogP) is 0.546. The monoisotopic (exact) mass is 397 g/mol. The van der Waals surface area contributed by atoms with Gasteiger partial charge in [0.2, 0.25) is 20.0 Å². The predicted molar refractivity (Wildman–Crippen MR) is 81.7 cm³/mol. The van der Waals surface area contributed by atoms with E-state index in [4.69, 9.17) is 0 Å². The Bertz CT molecular complexity index is 713. The molecule has 1 saturated heterocycles. The van der Waals surface area contributed by atoms with Crippen molar-refractivity contribution in [3.05, 3.63) is 22.9 Å². The van der Waals surface area contributed by atoms with Crippen molar-refractivity contribution < 1.29 is 16.8 Å². The molecule has 1 fully saturated rings. The van der Waals surface area contributed by atoms with Crippen LogP contribution in [0.4, 0.5) is 0 Å². The van der Waals surface area contributed by atoms with Gasteiger partial charge in [0.05, 0.1) is 6.26 Å². The fourth-order valence-corrected chi connectivity index (χ4v) is 5.02. The van der Waals surface area contributed by atoms with Crippen LogP contribution in [0, 0.1) is 0 Å². The maximum absolute atomic E-state index is 12.5. The van der Waals surface area contributed by atoms with Crippen molar-refractivity contribution in [2.75, 3.05) is 19.3 Å². The minimum atomic E-state index is -3.59. The summed E-state index contributed by atoms with van der Waals surface area (Å²) in [5.74, 6) is 0. The molecule has 21 heavy (non-hydrogen) atoms. The first-order valence-electron chi connectivity index (χ1n) is 6.26. The molecule has 0 amide bonds. The van der Waals surface area contributed by atoms with Crippen molar-refractivity contribution in [1.82, 2.24) is 14.0 Å². The lowest BCUT2D eigenvalue weighted by Crippen LogP contribution is -2.46. The fourth-order valence-electron chi connectivity index (χ4n) is 2.20. The van der Waals surface area contributed by atoms with E-state index in [1.807, 2.05) is 0 Å². The van der Waals surface area contributed by atoms with Gasteiger partial charge in [-0.25, -0.2) is 21.6 Å². The quantitative estimate of drug-likeness (QED) is 0.799. The van der Waals surface area contributed by atoms with Crippen molar-refractivity contribution >= 4 is 36.0 Å². The Morgan fingerprint density at radius 3 is 2.38 bits per heavy atom. The van der Waals surface area contributed by atoms with Crippen LogP contribution in [0.2, 0.25) is 0 Å². The zero-order valence-electron chi connectivity index (χ0n) is 11.4. The number of sulfonamides is 2. The molecule has 1 aromatic rings. The number of rotatable bonds is 4. The summed E-state index contributed by atoms with van der Waals surface area (Å²) >= 11 is 3.20. The Hall–Kier alpha value is -0.550. The van der Waals surface area contributed by atoms with Crippen molar-refractivity contribution in [1.29, 1.82) is 0 Å². The fraction of sp³-hybridized carbons (Fsp3) is 0.545. The maximum Gasteiger partial charge on any atom is 0.244 e. The highest BCUT2D eigenvalue weighted by Crippen LogP contribution is 2.22. The molecule has 0 radical (unpaired) electrons. The SMILES string of the molecule is CS(=O)(=O)NC1CCN(S(=O)(=O)c2cncc(Br)c2)CC1. The van der Waals surface area contributed by atoms with Crippen LogP contribution in [0.25, 0.3) is 0 Å². The summed E-state index contributed by atoms with van der Waals surface area (Å²) < 4.78 is 51.7. The molecule has 2 rings (SSSR count). The molecule has 0 aliphatic carbocycles. The molecule has 0 atom stereocenters. The van der Waals surface area contributed by atoms with E-state index in [-0.39, 0.29) is 24.0 Å². The second-order valence-corrected chi connectivity index (χ2v) is 9.54. The lowest BCUT2D eigenvalue weighted by Gasteiger charge is -2.31. The van der Waals surface area contributed by atoms with Gasteiger partial charge in [0, 0.05) is 36.0 Å². The van der Waals surface area contributed by atoms with E-state index < -0.39 is 20.0 Å².